The second-order valence-corrected chi connectivity index (χ2v) is 5.26. The van der Waals surface area contributed by atoms with Gasteiger partial charge < -0.3 is 5.32 Å². The van der Waals surface area contributed by atoms with Crippen LogP contribution in [0.5, 0.6) is 0 Å². The average molecular weight is 233 g/mol. The van der Waals surface area contributed by atoms with Crippen molar-refractivity contribution < 1.29 is 0 Å². The summed E-state index contributed by atoms with van der Waals surface area (Å²) >= 11 is 0. The molecule has 2 unspecified atom stereocenters. The highest BCUT2D eigenvalue weighted by Gasteiger charge is 2.16. The molecule has 96 valence electrons. The van der Waals surface area contributed by atoms with Gasteiger partial charge in [-0.15, -0.1) is 0 Å². The van der Waals surface area contributed by atoms with Gasteiger partial charge in [0.05, 0.1) is 0 Å². The van der Waals surface area contributed by atoms with Crippen LogP contribution in [0, 0.1) is 19.8 Å². The van der Waals surface area contributed by atoms with Crippen LogP contribution in [0.2, 0.25) is 0 Å². The van der Waals surface area contributed by atoms with Gasteiger partial charge in [0.2, 0.25) is 0 Å². The molecule has 2 atom stereocenters. The van der Waals surface area contributed by atoms with Crippen LogP contribution in [0.15, 0.2) is 18.2 Å². The Hall–Kier alpha value is -0.820. The molecule has 1 N–H and O–H groups in total. The highest BCUT2D eigenvalue weighted by molar-refractivity contribution is 5.35. The van der Waals surface area contributed by atoms with E-state index in [2.05, 4.69) is 58.1 Å². The maximum Gasteiger partial charge on any atom is -0.00174 e. The molecule has 0 heterocycles. The van der Waals surface area contributed by atoms with Gasteiger partial charge in [-0.25, -0.2) is 0 Å². The minimum Gasteiger partial charge on any atom is -0.316 e. The molecule has 1 aromatic rings. The molecule has 0 aliphatic rings. The molecule has 0 aromatic heterocycles. The Labute approximate surface area is 107 Å². The van der Waals surface area contributed by atoms with Crippen molar-refractivity contribution in [2.75, 3.05) is 13.1 Å². The number of nitrogens with one attached hydrogen (secondary N) is 1. The standard InChI is InChI=1S/C16H27N/c1-6-10-17-11-13(3)15(5)16-9-7-8-12(2)14(16)4/h7-9,13,15,17H,6,10-11H2,1-5H3. The predicted molar refractivity (Wildman–Crippen MR) is 76.7 cm³/mol. The van der Waals surface area contributed by atoms with Crippen molar-refractivity contribution in [2.45, 2.75) is 47.0 Å². The van der Waals surface area contributed by atoms with Crippen molar-refractivity contribution in [3.05, 3.63) is 34.9 Å². The van der Waals surface area contributed by atoms with Crippen LogP contribution in [0.3, 0.4) is 0 Å². The second-order valence-electron chi connectivity index (χ2n) is 5.26. The summed E-state index contributed by atoms with van der Waals surface area (Å²) in [4.78, 5) is 0. The van der Waals surface area contributed by atoms with Crippen molar-refractivity contribution >= 4 is 0 Å². The summed E-state index contributed by atoms with van der Waals surface area (Å²) in [7, 11) is 0. The molecule has 1 nitrogen and oxygen atoms in total. The molecule has 0 fully saturated rings. The van der Waals surface area contributed by atoms with Crippen molar-refractivity contribution in [3.8, 4) is 0 Å². The van der Waals surface area contributed by atoms with E-state index in [4.69, 9.17) is 0 Å². The number of rotatable bonds is 6. The Kier molecular flexibility index (Phi) is 5.70. The fraction of sp³-hybridized carbons (Fsp3) is 0.625. The molecule has 0 radical (unpaired) electrons. The van der Waals surface area contributed by atoms with Gasteiger partial charge in [0.25, 0.3) is 0 Å². The van der Waals surface area contributed by atoms with Crippen LogP contribution in [0.4, 0.5) is 0 Å². The summed E-state index contributed by atoms with van der Waals surface area (Å²) in [6.45, 7) is 13.6. The quantitative estimate of drug-likeness (QED) is 0.731. The summed E-state index contributed by atoms with van der Waals surface area (Å²) < 4.78 is 0. The van der Waals surface area contributed by atoms with E-state index in [0.29, 0.717) is 11.8 Å². The predicted octanol–water partition coefficient (Wildman–Crippen LogP) is 4.04. The molecule has 0 spiro atoms. The Balaban J connectivity index is 2.68. The lowest BCUT2D eigenvalue weighted by Crippen LogP contribution is -2.25. The summed E-state index contributed by atoms with van der Waals surface area (Å²) in [5.41, 5.74) is 4.38. The minimum absolute atomic E-state index is 0.624. The third kappa shape index (κ3) is 3.85. The van der Waals surface area contributed by atoms with E-state index in [1.54, 1.807) is 0 Å². The normalized spacial score (nSPS) is 14.6. The Morgan fingerprint density at radius 2 is 1.88 bits per heavy atom. The lowest BCUT2D eigenvalue weighted by atomic mass is 9.85. The zero-order chi connectivity index (χ0) is 12.8. The van der Waals surface area contributed by atoms with Crippen molar-refractivity contribution in [1.29, 1.82) is 0 Å². The Bertz CT molecular complexity index is 343. The Morgan fingerprint density at radius 3 is 2.53 bits per heavy atom. The number of aryl methyl sites for hydroxylation is 1. The Morgan fingerprint density at radius 1 is 1.18 bits per heavy atom. The maximum atomic E-state index is 3.52. The molecule has 17 heavy (non-hydrogen) atoms. The van der Waals surface area contributed by atoms with Crippen LogP contribution >= 0.6 is 0 Å². The third-order valence-corrected chi connectivity index (χ3v) is 3.88. The fourth-order valence-electron chi connectivity index (χ4n) is 2.26. The molecule has 0 aliphatic heterocycles. The number of benzene rings is 1. The van der Waals surface area contributed by atoms with Gasteiger partial charge in [0.1, 0.15) is 0 Å². The van der Waals surface area contributed by atoms with Crippen molar-refractivity contribution in [2.24, 2.45) is 5.92 Å². The van der Waals surface area contributed by atoms with Gasteiger partial charge in [0, 0.05) is 0 Å². The molecule has 1 rings (SSSR count). The van der Waals surface area contributed by atoms with E-state index < -0.39 is 0 Å². The molecule has 0 bridgehead atoms. The summed E-state index contributed by atoms with van der Waals surface area (Å²) in [5, 5.41) is 3.52. The van der Waals surface area contributed by atoms with Crippen molar-refractivity contribution in [1.82, 2.24) is 5.32 Å². The molecule has 0 saturated carbocycles. The highest BCUT2D eigenvalue weighted by atomic mass is 14.8. The zero-order valence-electron chi connectivity index (χ0n) is 12.0. The first kappa shape index (κ1) is 14.2. The van der Waals surface area contributed by atoms with Crippen LogP contribution in [-0.2, 0) is 0 Å². The number of hydrogen-bond donors (Lipinski definition) is 1. The van der Waals surface area contributed by atoms with E-state index in [9.17, 15) is 0 Å². The van der Waals surface area contributed by atoms with Gasteiger partial charge in [-0.1, -0.05) is 39.0 Å². The van der Waals surface area contributed by atoms with Gasteiger partial charge in [-0.2, -0.15) is 0 Å². The van der Waals surface area contributed by atoms with Gasteiger partial charge in [-0.05, 0) is 61.9 Å². The number of hydrogen-bond acceptors (Lipinski definition) is 1. The largest absolute Gasteiger partial charge is 0.316 e. The zero-order valence-corrected chi connectivity index (χ0v) is 12.0. The van der Waals surface area contributed by atoms with E-state index >= 15 is 0 Å². The molecule has 0 aliphatic carbocycles. The van der Waals surface area contributed by atoms with Crippen LogP contribution in [-0.4, -0.2) is 13.1 Å². The van der Waals surface area contributed by atoms with Gasteiger partial charge in [-0.3, -0.25) is 0 Å². The minimum atomic E-state index is 0.624. The molecule has 1 heteroatoms. The highest BCUT2D eigenvalue weighted by Crippen LogP contribution is 2.27. The summed E-state index contributed by atoms with van der Waals surface area (Å²) in [6, 6.07) is 6.66. The molecule has 0 amide bonds. The average Bonchev–Trinajstić information content (AvgIpc) is 2.32. The van der Waals surface area contributed by atoms with E-state index in [0.717, 1.165) is 13.1 Å². The second kappa shape index (κ2) is 6.80. The van der Waals surface area contributed by atoms with Crippen molar-refractivity contribution in [3.63, 3.8) is 0 Å². The van der Waals surface area contributed by atoms with Gasteiger partial charge in [0.15, 0.2) is 0 Å². The lowest BCUT2D eigenvalue weighted by molar-refractivity contribution is 0.447. The van der Waals surface area contributed by atoms with Gasteiger partial charge >= 0.3 is 0 Å². The summed E-state index contributed by atoms with van der Waals surface area (Å²) in [6.07, 6.45) is 1.21. The first-order chi connectivity index (χ1) is 8.07. The first-order valence-corrected chi connectivity index (χ1v) is 6.84. The topological polar surface area (TPSA) is 12.0 Å². The SMILES string of the molecule is CCCNCC(C)C(C)c1cccc(C)c1C. The smallest absolute Gasteiger partial charge is 0.00174 e. The monoisotopic (exact) mass is 233 g/mol. The van der Waals surface area contributed by atoms with Crippen LogP contribution in [0.25, 0.3) is 0 Å². The summed E-state index contributed by atoms with van der Waals surface area (Å²) in [5.74, 6) is 1.31. The van der Waals surface area contributed by atoms with E-state index in [-0.39, 0.29) is 0 Å². The molecule has 1 aromatic carbocycles. The lowest BCUT2D eigenvalue weighted by Gasteiger charge is -2.23. The molecule has 0 saturated heterocycles. The van der Waals surface area contributed by atoms with Crippen LogP contribution in [0.1, 0.15) is 49.8 Å². The fourth-order valence-corrected chi connectivity index (χ4v) is 2.26. The molecular formula is C16H27N. The van der Waals surface area contributed by atoms with E-state index in [1.165, 1.54) is 23.1 Å². The van der Waals surface area contributed by atoms with E-state index in [1.807, 2.05) is 0 Å². The maximum absolute atomic E-state index is 3.52. The first-order valence-electron chi connectivity index (χ1n) is 6.84. The third-order valence-electron chi connectivity index (χ3n) is 3.88. The molecular weight excluding hydrogens is 206 g/mol. The van der Waals surface area contributed by atoms with Crippen LogP contribution < -0.4 is 5.32 Å².